The first kappa shape index (κ1) is 16.0. The minimum atomic E-state index is 0.641. The number of rotatable bonds is 7. The van der Waals surface area contributed by atoms with Crippen LogP contribution >= 0.6 is 0 Å². The average Bonchev–Trinajstić information content (AvgIpc) is 2.85. The van der Waals surface area contributed by atoms with E-state index in [1.807, 2.05) is 0 Å². The van der Waals surface area contributed by atoms with Crippen molar-refractivity contribution in [1.29, 1.82) is 0 Å². The van der Waals surface area contributed by atoms with Gasteiger partial charge in [0.2, 0.25) is 0 Å². The van der Waals surface area contributed by atoms with Crippen LogP contribution in [0.2, 0.25) is 0 Å². The molecule has 5 heteroatoms. The Balaban J connectivity index is 2.12. The van der Waals surface area contributed by atoms with E-state index in [4.69, 9.17) is 4.98 Å². The summed E-state index contributed by atoms with van der Waals surface area (Å²) in [6.45, 7) is 7.40. The van der Waals surface area contributed by atoms with Crippen molar-refractivity contribution in [3.8, 4) is 0 Å². The summed E-state index contributed by atoms with van der Waals surface area (Å²) in [5.41, 5.74) is 0. The van der Waals surface area contributed by atoms with Crippen LogP contribution in [0.5, 0.6) is 0 Å². The molecule has 1 aliphatic rings. The second-order valence-electron chi connectivity index (χ2n) is 5.97. The maximum Gasteiger partial charge on any atom is 0.134 e. The molecule has 1 saturated heterocycles. The van der Waals surface area contributed by atoms with Gasteiger partial charge in [0.15, 0.2) is 0 Å². The fourth-order valence-electron chi connectivity index (χ4n) is 2.91. The summed E-state index contributed by atoms with van der Waals surface area (Å²) in [5, 5.41) is 3.32. The molecule has 1 N–H and O–H groups in total. The highest BCUT2D eigenvalue weighted by Gasteiger charge is 2.22. The molecule has 1 aliphatic heterocycles. The van der Waals surface area contributed by atoms with Gasteiger partial charge in [-0.1, -0.05) is 6.92 Å². The lowest BCUT2D eigenvalue weighted by molar-refractivity contribution is 0.314. The van der Waals surface area contributed by atoms with Crippen LogP contribution in [0.25, 0.3) is 0 Å². The first-order valence-electron chi connectivity index (χ1n) is 8.17. The van der Waals surface area contributed by atoms with E-state index in [-0.39, 0.29) is 0 Å². The Morgan fingerprint density at radius 2 is 2.19 bits per heavy atom. The third-order valence-corrected chi connectivity index (χ3v) is 4.14. The van der Waals surface area contributed by atoms with Gasteiger partial charge in [-0.3, -0.25) is 0 Å². The topological polar surface area (TPSA) is 44.3 Å². The molecule has 0 bridgehead atoms. The smallest absolute Gasteiger partial charge is 0.134 e. The zero-order valence-electron chi connectivity index (χ0n) is 13.9. The standard InChI is InChI=1S/C16H29N5/c1-5-8-14-18-15(17-6-2)11-16(19-14)21(4)12-13-9-7-10-20(13)3/h11,13H,5-10,12H2,1-4H3,(H,17,18,19). The summed E-state index contributed by atoms with van der Waals surface area (Å²) < 4.78 is 0. The van der Waals surface area contributed by atoms with Crippen molar-refractivity contribution in [2.75, 3.05) is 43.9 Å². The Morgan fingerprint density at radius 3 is 2.81 bits per heavy atom. The molecule has 5 nitrogen and oxygen atoms in total. The molecule has 0 saturated carbocycles. The zero-order valence-corrected chi connectivity index (χ0v) is 13.9. The summed E-state index contributed by atoms with van der Waals surface area (Å²) in [6.07, 6.45) is 4.60. The predicted molar refractivity (Wildman–Crippen MR) is 89.1 cm³/mol. The van der Waals surface area contributed by atoms with Crippen molar-refractivity contribution >= 4 is 11.6 Å². The number of nitrogens with one attached hydrogen (secondary N) is 1. The molecule has 0 aliphatic carbocycles. The van der Waals surface area contributed by atoms with Crippen LogP contribution in [0.15, 0.2) is 6.07 Å². The number of nitrogens with zero attached hydrogens (tertiary/aromatic N) is 4. The van der Waals surface area contributed by atoms with Crippen LogP contribution < -0.4 is 10.2 Å². The molecule has 21 heavy (non-hydrogen) atoms. The van der Waals surface area contributed by atoms with E-state index < -0.39 is 0 Å². The summed E-state index contributed by atoms with van der Waals surface area (Å²) in [6, 6.07) is 2.71. The lowest BCUT2D eigenvalue weighted by atomic mass is 10.2. The lowest BCUT2D eigenvalue weighted by Gasteiger charge is -2.27. The Hall–Kier alpha value is -1.36. The fraction of sp³-hybridized carbons (Fsp3) is 0.750. The van der Waals surface area contributed by atoms with E-state index in [1.54, 1.807) is 0 Å². The van der Waals surface area contributed by atoms with E-state index in [2.05, 4.69) is 54.1 Å². The van der Waals surface area contributed by atoms with Gasteiger partial charge in [0.05, 0.1) is 0 Å². The molecule has 1 unspecified atom stereocenters. The summed E-state index contributed by atoms with van der Waals surface area (Å²) >= 11 is 0. The molecular weight excluding hydrogens is 262 g/mol. The number of aromatic nitrogens is 2. The monoisotopic (exact) mass is 291 g/mol. The second kappa shape index (κ2) is 7.59. The molecule has 2 heterocycles. The van der Waals surface area contributed by atoms with Gasteiger partial charge in [0.25, 0.3) is 0 Å². The van der Waals surface area contributed by atoms with Crippen molar-refractivity contribution in [3.63, 3.8) is 0 Å². The molecule has 0 spiro atoms. The number of hydrogen-bond acceptors (Lipinski definition) is 5. The van der Waals surface area contributed by atoms with Crippen molar-refractivity contribution < 1.29 is 0 Å². The minimum absolute atomic E-state index is 0.641. The van der Waals surface area contributed by atoms with Gasteiger partial charge in [0.1, 0.15) is 17.5 Å². The van der Waals surface area contributed by atoms with E-state index in [0.29, 0.717) is 6.04 Å². The van der Waals surface area contributed by atoms with Crippen molar-refractivity contribution in [2.45, 2.75) is 45.6 Å². The van der Waals surface area contributed by atoms with Gasteiger partial charge in [-0.2, -0.15) is 0 Å². The highest BCUT2D eigenvalue weighted by Crippen LogP contribution is 2.20. The maximum atomic E-state index is 4.73. The number of aryl methyl sites for hydroxylation is 1. The third-order valence-electron chi connectivity index (χ3n) is 4.14. The van der Waals surface area contributed by atoms with Crippen LogP contribution in [0.1, 0.15) is 38.9 Å². The largest absolute Gasteiger partial charge is 0.370 e. The van der Waals surface area contributed by atoms with Crippen LogP contribution in [-0.4, -0.2) is 54.6 Å². The van der Waals surface area contributed by atoms with Crippen molar-refractivity contribution in [1.82, 2.24) is 14.9 Å². The first-order valence-corrected chi connectivity index (χ1v) is 8.17. The second-order valence-corrected chi connectivity index (χ2v) is 5.97. The molecule has 118 valence electrons. The molecule has 1 aromatic rings. The SMILES string of the molecule is CCCc1nc(NCC)cc(N(C)CC2CCCN2C)n1. The summed E-state index contributed by atoms with van der Waals surface area (Å²) in [5.74, 6) is 2.92. The Kier molecular flexibility index (Phi) is 5.79. The number of likely N-dealkylation sites (N-methyl/N-ethyl adjacent to an activating group) is 2. The molecule has 0 aromatic carbocycles. The van der Waals surface area contributed by atoms with Crippen LogP contribution in [0.4, 0.5) is 11.6 Å². The van der Waals surface area contributed by atoms with E-state index in [0.717, 1.165) is 43.4 Å². The predicted octanol–water partition coefficient (Wildman–Crippen LogP) is 2.39. The first-order chi connectivity index (χ1) is 10.1. The quantitative estimate of drug-likeness (QED) is 0.835. The number of anilines is 2. The van der Waals surface area contributed by atoms with Crippen LogP contribution in [0, 0.1) is 0 Å². The third kappa shape index (κ3) is 4.30. The maximum absolute atomic E-state index is 4.73. The van der Waals surface area contributed by atoms with Crippen molar-refractivity contribution in [2.24, 2.45) is 0 Å². The molecule has 2 rings (SSSR count). The van der Waals surface area contributed by atoms with Crippen molar-refractivity contribution in [3.05, 3.63) is 11.9 Å². The van der Waals surface area contributed by atoms with Gasteiger partial charge >= 0.3 is 0 Å². The zero-order chi connectivity index (χ0) is 15.2. The normalized spacial score (nSPS) is 19.0. The molecule has 1 fully saturated rings. The molecule has 1 atom stereocenters. The molecule has 0 amide bonds. The Bertz CT molecular complexity index is 424. The van der Waals surface area contributed by atoms with Gasteiger partial charge in [-0.15, -0.1) is 0 Å². The highest BCUT2D eigenvalue weighted by atomic mass is 15.2. The van der Waals surface area contributed by atoms with Crippen LogP contribution in [0.3, 0.4) is 0 Å². The Labute approximate surface area is 128 Å². The Morgan fingerprint density at radius 1 is 1.38 bits per heavy atom. The molecule has 0 radical (unpaired) electrons. The van der Waals surface area contributed by atoms with E-state index >= 15 is 0 Å². The minimum Gasteiger partial charge on any atom is -0.370 e. The molecular formula is C16H29N5. The lowest BCUT2D eigenvalue weighted by Crippen LogP contribution is -2.37. The van der Waals surface area contributed by atoms with Gasteiger partial charge in [-0.05, 0) is 39.8 Å². The summed E-state index contributed by atoms with van der Waals surface area (Å²) in [7, 11) is 4.36. The van der Waals surface area contributed by atoms with E-state index in [1.165, 1.54) is 19.4 Å². The molecule has 1 aromatic heterocycles. The van der Waals surface area contributed by atoms with Gasteiger partial charge in [-0.25, -0.2) is 9.97 Å². The summed E-state index contributed by atoms with van der Waals surface area (Å²) in [4.78, 5) is 14.0. The fourth-order valence-corrected chi connectivity index (χ4v) is 2.91. The number of likely N-dealkylation sites (tertiary alicyclic amines) is 1. The highest BCUT2D eigenvalue weighted by molar-refractivity contribution is 5.49. The average molecular weight is 291 g/mol. The number of hydrogen-bond donors (Lipinski definition) is 1. The van der Waals surface area contributed by atoms with E-state index in [9.17, 15) is 0 Å². The van der Waals surface area contributed by atoms with Gasteiger partial charge in [0, 0.05) is 38.7 Å². The van der Waals surface area contributed by atoms with Crippen LogP contribution in [-0.2, 0) is 6.42 Å². The van der Waals surface area contributed by atoms with Gasteiger partial charge < -0.3 is 15.1 Å².